The second kappa shape index (κ2) is 19.8. The monoisotopic (exact) mass is 780 g/mol. The van der Waals surface area contributed by atoms with E-state index < -0.39 is 24.4 Å². The van der Waals surface area contributed by atoms with E-state index in [-0.39, 0.29) is 6.61 Å². The van der Waals surface area contributed by atoms with Crippen molar-refractivity contribution in [2.75, 3.05) is 89.0 Å². The predicted molar refractivity (Wildman–Crippen MR) is 216 cm³/mol. The summed E-state index contributed by atoms with van der Waals surface area (Å²) >= 11 is 2.81. The van der Waals surface area contributed by atoms with Crippen LogP contribution in [0.5, 0.6) is 21.9 Å². The minimum Gasteiger partial charge on any atom is -0.495 e. The van der Waals surface area contributed by atoms with Crippen molar-refractivity contribution in [2.24, 2.45) is 0 Å². The number of nitrogens with zero attached hydrogens (tertiary/aromatic N) is 6. The molecule has 0 radical (unpaired) electrons. The highest BCUT2D eigenvalue weighted by Gasteiger charge is 2.42. The minimum absolute atomic E-state index is 0.00727. The molecule has 14 heteroatoms. The molecule has 2 aromatic carbocycles. The number of aromatic nitrogens is 2. The van der Waals surface area contributed by atoms with Crippen molar-refractivity contribution in [3.05, 3.63) is 70.7 Å². The van der Waals surface area contributed by atoms with Gasteiger partial charge in [-0.15, -0.1) is 0 Å². The van der Waals surface area contributed by atoms with Crippen LogP contribution < -0.4 is 28.7 Å². The van der Waals surface area contributed by atoms with E-state index in [9.17, 15) is 10.2 Å². The molecule has 2 aliphatic heterocycles. The standard InChI is InChI=1S/C40H56N6O6S2/c1-5-6-11-24-50-36-15-10-8-13-32(36)45-20-22-46(23-21-45)37(34(48)26-51-39-41-29(2)27-53-39)38(52-40-42-30(3)28-54-40)33(47)25-43-16-18-44(19-17-43)31-12-7-9-14-35(31)49-4/h7-10,12-15,27-28,33-34,37-38,47-48H,5-6,11,16-26H2,1-4H3. The van der Waals surface area contributed by atoms with Crippen LogP contribution in [0.2, 0.25) is 0 Å². The van der Waals surface area contributed by atoms with Gasteiger partial charge in [-0.3, -0.25) is 9.80 Å². The maximum atomic E-state index is 12.2. The molecule has 4 unspecified atom stereocenters. The van der Waals surface area contributed by atoms with Gasteiger partial charge in [-0.25, -0.2) is 9.97 Å². The zero-order valence-electron chi connectivity index (χ0n) is 32.0. The van der Waals surface area contributed by atoms with Gasteiger partial charge in [0.25, 0.3) is 10.4 Å². The van der Waals surface area contributed by atoms with Gasteiger partial charge >= 0.3 is 0 Å². The van der Waals surface area contributed by atoms with E-state index in [2.05, 4.69) is 54.7 Å². The first kappa shape index (κ1) is 40.0. The maximum absolute atomic E-state index is 12.2. The van der Waals surface area contributed by atoms with Crippen molar-refractivity contribution < 1.29 is 29.2 Å². The Morgan fingerprint density at radius 3 is 1.93 bits per heavy atom. The second-order valence-electron chi connectivity index (χ2n) is 14.0. The molecule has 0 amide bonds. The fraction of sp³-hybridized carbons (Fsp3) is 0.550. The van der Waals surface area contributed by atoms with Gasteiger partial charge in [-0.2, -0.15) is 0 Å². The number of aliphatic hydroxyl groups is 2. The van der Waals surface area contributed by atoms with Gasteiger partial charge in [0.15, 0.2) is 0 Å². The molecule has 0 saturated carbocycles. The van der Waals surface area contributed by atoms with Gasteiger partial charge in [-0.05, 0) is 44.5 Å². The Morgan fingerprint density at radius 1 is 0.722 bits per heavy atom. The van der Waals surface area contributed by atoms with Gasteiger partial charge < -0.3 is 39.0 Å². The van der Waals surface area contributed by atoms with Crippen LogP contribution in [0.4, 0.5) is 11.4 Å². The lowest BCUT2D eigenvalue weighted by Crippen LogP contribution is -2.64. The number of hydrogen-bond donors (Lipinski definition) is 2. The van der Waals surface area contributed by atoms with E-state index >= 15 is 0 Å². The fourth-order valence-corrected chi connectivity index (χ4v) is 8.61. The number of piperazine rings is 2. The Morgan fingerprint density at radius 2 is 1.31 bits per heavy atom. The average Bonchev–Trinajstić information content (AvgIpc) is 3.82. The number of anilines is 2. The van der Waals surface area contributed by atoms with E-state index in [0.717, 1.165) is 92.8 Å². The Hall–Kier alpha value is -3.66. The molecule has 54 heavy (non-hydrogen) atoms. The summed E-state index contributed by atoms with van der Waals surface area (Å²) in [6.45, 7) is 13.0. The molecular weight excluding hydrogens is 725 g/mol. The number of β-amino-alcohol motifs (C(OH)–C–C–N with tert-alkyl or cyclic N) is 1. The molecule has 2 saturated heterocycles. The highest BCUT2D eigenvalue weighted by Crippen LogP contribution is 2.32. The number of unbranched alkanes of at least 4 members (excludes halogenated alkanes) is 2. The quantitative estimate of drug-likeness (QED) is 0.120. The van der Waals surface area contributed by atoms with Crippen LogP contribution in [0.1, 0.15) is 37.6 Å². The van der Waals surface area contributed by atoms with E-state index in [1.54, 1.807) is 7.11 Å². The fourth-order valence-electron chi connectivity index (χ4n) is 7.27. The summed E-state index contributed by atoms with van der Waals surface area (Å²) < 4.78 is 24.6. The van der Waals surface area contributed by atoms with Crippen LogP contribution in [0, 0.1) is 13.8 Å². The number of rotatable bonds is 19. The number of thiazole rings is 2. The SMILES string of the molecule is CCCCCOc1ccccc1N1CCN(C(C(O)COc2nc(C)cs2)C(Oc2nc(C)cs2)C(O)CN2CCN(c3ccccc3OC)CC2)CC1. The number of para-hydroxylation sites is 4. The summed E-state index contributed by atoms with van der Waals surface area (Å²) in [7, 11) is 1.70. The van der Waals surface area contributed by atoms with Crippen molar-refractivity contribution in [2.45, 2.75) is 64.4 Å². The number of aliphatic hydroxyl groups excluding tert-OH is 2. The van der Waals surface area contributed by atoms with Gasteiger partial charge in [0.05, 0.1) is 42.5 Å². The second-order valence-corrected chi connectivity index (χ2v) is 15.7. The molecule has 6 rings (SSSR count). The van der Waals surface area contributed by atoms with Crippen LogP contribution >= 0.6 is 22.7 Å². The molecule has 4 atom stereocenters. The van der Waals surface area contributed by atoms with Crippen molar-refractivity contribution >= 4 is 34.0 Å². The van der Waals surface area contributed by atoms with Crippen molar-refractivity contribution in [1.29, 1.82) is 0 Å². The first-order valence-corrected chi connectivity index (χ1v) is 20.9. The van der Waals surface area contributed by atoms with Gasteiger partial charge in [0.2, 0.25) is 0 Å². The Balaban J connectivity index is 1.20. The lowest BCUT2D eigenvalue weighted by molar-refractivity contribution is -0.0854. The lowest BCUT2D eigenvalue weighted by atomic mass is 9.96. The van der Waals surface area contributed by atoms with Crippen LogP contribution in [-0.2, 0) is 0 Å². The molecule has 2 fully saturated rings. The van der Waals surface area contributed by atoms with Crippen LogP contribution in [0.25, 0.3) is 0 Å². The third-order valence-electron chi connectivity index (χ3n) is 10.1. The van der Waals surface area contributed by atoms with Crippen LogP contribution in [-0.4, -0.2) is 134 Å². The summed E-state index contributed by atoms with van der Waals surface area (Å²) in [5.41, 5.74) is 3.86. The van der Waals surface area contributed by atoms with E-state index in [0.29, 0.717) is 36.6 Å². The molecule has 0 bridgehead atoms. The Labute approximate surface area is 327 Å². The van der Waals surface area contributed by atoms with Gasteiger partial charge in [0, 0.05) is 69.7 Å². The summed E-state index contributed by atoms with van der Waals surface area (Å²) in [6.07, 6.45) is 0.616. The number of hydrogen-bond acceptors (Lipinski definition) is 14. The molecule has 0 aliphatic carbocycles. The zero-order chi connectivity index (χ0) is 37.9. The first-order valence-electron chi connectivity index (χ1n) is 19.1. The molecular formula is C40H56N6O6S2. The van der Waals surface area contributed by atoms with Gasteiger partial charge in [0.1, 0.15) is 36.4 Å². The van der Waals surface area contributed by atoms with E-state index in [1.807, 2.05) is 54.9 Å². The average molecular weight is 781 g/mol. The number of aryl methyl sites for hydroxylation is 2. The minimum atomic E-state index is -0.988. The molecule has 2 aliphatic rings. The predicted octanol–water partition coefficient (Wildman–Crippen LogP) is 5.36. The Kier molecular flexibility index (Phi) is 14.7. The van der Waals surface area contributed by atoms with Crippen molar-refractivity contribution in [3.63, 3.8) is 0 Å². The zero-order valence-corrected chi connectivity index (χ0v) is 33.6. The highest BCUT2D eigenvalue weighted by molar-refractivity contribution is 7.11. The van der Waals surface area contributed by atoms with Crippen molar-refractivity contribution in [1.82, 2.24) is 19.8 Å². The third kappa shape index (κ3) is 10.5. The summed E-state index contributed by atoms with van der Waals surface area (Å²) in [6, 6.07) is 15.7. The smallest absolute Gasteiger partial charge is 0.273 e. The van der Waals surface area contributed by atoms with Crippen molar-refractivity contribution in [3.8, 4) is 21.9 Å². The molecule has 4 heterocycles. The lowest BCUT2D eigenvalue weighted by Gasteiger charge is -2.46. The highest BCUT2D eigenvalue weighted by atomic mass is 32.1. The largest absolute Gasteiger partial charge is 0.495 e. The molecule has 12 nitrogen and oxygen atoms in total. The Bertz CT molecular complexity index is 1710. The number of benzene rings is 2. The molecule has 0 spiro atoms. The normalized spacial score (nSPS) is 17.9. The van der Waals surface area contributed by atoms with E-state index in [1.165, 1.54) is 22.7 Å². The number of ether oxygens (including phenoxy) is 4. The van der Waals surface area contributed by atoms with Gasteiger partial charge in [-0.1, -0.05) is 66.7 Å². The summed E-state index contributed by atoms with van der Waals surface area (Å²) in [4.78, 5) is 18.3. The molecule has 294 valence electrons. The summed E-state index contributed by atoms with van der Waals surface area (Å²) in [5.74, 6) is 1.75. The molecule has 4 aromatic rings. The molecule has 2 N–H and O–H groups in total. The number of methoxy groups -OCH3 is 1. The maximum Gasteiger partial charge on any atom is 0.273 e. The first-order chi connectivity index (χ1) is 26.3. The third-order valence-corrected chi connectivity index (χ3v) is 11.8. The molecule has 2 aromatic heterocycles. The van der Waals surface area contributed by atoms with E-state index in [4.69, 9.17) is 18.9 Å². The summed E-state index contributed by atoms with van der Waals surface area (Å²) in [5, 5.41) is 29.1. The van der Waals surface area contributed by atoms with Crippen LogP contribution in [0.3, 0.4) is 0 Å². The van der Waals surface area contributed by atoms with Crippen LogP contribution in [0.15, 0.2) is 59.3 Å². The topological polar surface area (TPSA) is 116 Å².